The molecule has 0 aliphatic carbocycles. The Morgan fingerprint density at radius 2 is 2.08 bits per heavy atom. The molecular formula is C20H31N5. The SMILES string of the molecule is CCNC(=NCCc1cn2cccc(C)c2n1)N1CC(C)CC(C)C1. The maximum absolute atomic E-state index is 4.88. The van der Waals surface area contributed by atoms with Crippen molar-refractivity contribution in [3.63, 3.8) is 0 Å². The molecule has 25 heavy (non-hydrogen) atoms. The Bertz CT molecular complexity index is 723. The number of fused-ring (bicyclic) bond motifs is 1. The fourth-order valence-corrected chi connectivity index (χ4v) is 3.86. The highest BCUT2D eigenvalue weighted by Crippen LogP contribution is 2.21. The van der Waals surface area contributed by atoms with Crippen molar-refractivity contribution in [2.45, 2.75) is 40.5 Å². The van der Waals surface area contributed by atoms with Crippen LogP contribution in [0.3, 0.4) is 0 Å². The number of guanidine groups is 1. The molecule has 0 bridgehead atoms. The Morgan fingerprint density at radius 1 is 1.32 bits per heavy atom. The molecule has 0 aromatic carbocycles. The maximum Gasteiger partial charge on any atom is 0.193 e. The number of aryl methyl sites for hydroxylation is 1. The van der Waals surface area contributed by atoms with E-state index in [1.807, 2.05) is 0 Å². The number of nitrogens with one attached hydrogen (secondary N) is 1. The van der Waals surface area contributed by atoms with Gasteiger partial charge in [-0.15, -0.1) is 0 Å². The number of rotatable bonds is 4. The van der Waals surface area contributed by atoms with E-state index in [2.05, 4.69) is 66.8 Å². The van der Waals surface area contributed by atoms with Crippen LogP contribution in [0.5, 0.6) is 0 Å². The fourth-order valence-electron chi connectivity index (χ4n) is 3.86. The van der Waals surface area contributed by atoms with Crippen LogP contribution in [0.25, 0.3) is 5.65 Å². The van der Waals surface area contributed by atoms with Crippen LogP contribution in [0.2, 0.25) is 0 Å². The summed E-state index contributed by atoms with van der Waals surface area (Å²) in [5, 5.41) is 3.47. The second kappa shape index (κ2) is 7.89. The van der Waals surface area contributed by atoms with E-state index < -0.39 is 0 Å². The summed E-state index contributed by atoms with van der Waals surface area (Å²) >= 11 is 0. The molecule has 3 rings (SSSR count). The Labute approximate surface area is 151 Å². The molecule has 2 unspecified atom stereocenters. The van der Waals surface area contributed by atoms with E-state index in [0.29, 0.717) is 0 Å². The topological polar surface area (TPSA) is 44.9 Å². The lowest BCUT2D eigenvalue weighted by atomic mass is 9.92. The van der Waals surface area contributed by atoms with E-state index >= 15 is 0 Å². The Balaban J connectivity index is 1.67. The standard InChI is InChI=1S/C20H31N5/c1-5-21-20(25-12-15(2)11-16(3)13-25)22-9-8-18-14-24-10-6-7-17(4)19(24)23-18/h6-7,10,14-16H,5,8-9,11-13H2,1-4H3,(H,21,22). The molecule has 136 valence electrons. The number of hydrogen-bond donors (Lipinski definition) is 1. The average Bonchev–Trinajstić information content (AvgIpc) is 2.97. The number of hydrogen-bond acceptors (Lipinski definition) is 2. The van der Waals surface area contributed by atoms with Gasteiger partial charge < -0.3 is 14.6 Å². The number of aliphatic imine (C=N–C) groups is 1. The average molecular weight is 342 g/mol. The van der Waals surface area contributed by atoms with Crippen molar-refractivity contribution in [1.29, 1.82) is 0 Å². The molecule has 1 N–H and O–H groups in total. The molecule has 1 aliphatic heterocycles. The molecule has 2 aromatic heterocycles. The highest BCUT2D eigenvalue weighted by molar-refractivity contribution is 5.80. The minimum atomic E-state index is 0.731. The zero-order valence-corrected chi connectivity index (χ0v) is 16.0. The number of pyridine rings is 1. The summed E-state index contributed by atoms with van der Waals surface area (Å²) in [5.41, 5.74) is 3.36. The van der Waals surface area contributed by atoms with Crippen LogP contribution in [-0.2, 0) is 6.42 Å². The first-order chi connectivity index (χ1) is 12.1. The van der Waals surface area contributed by atoms with Gasteiger partial charge in [-0.1, -0.05) is 19.9 Å². The van der Waals surface area contributed by atoms with Gasteiger partial charge in [0.05, 0.1) is 5.69 Å². The molecule has 5 nitrogen and oxygen atoms in total. The predicted molar refractivity (Wildman–Crippen MR) is 104 cm³/mol. The monoisotopic (exact) mass is 341 g/mol. The van der Waals surface area contributed by atoms with Crippen LogP contribution in [-0.4, -0.2) is 46.4 Å². The summed E-state index contributed by atoms with van der Waals surface area (Å²) in [6.45, 7) is 12.8. The number of likely N-dealkylation sites (tertiary alicyclic amines) is 1. The van der Waals surface area contributed by atoms with Crippen LogP contribution in [0.15, 0.2) is 29.5 Å². The lowest BCUT2D eigenvalue weighted by Crippen LogP contribution is -2.48. The third-order valence-corrected chi connectivity index (χ3v) is 4.86. The lowest BCUT2D eigenvalue weighted by molar-refractivity contribution is 0.208. The van der Waals surface area contributed by atoms with E-state index in [0.717, 1.165) is 61.7 Å². The van der Waals surface area contributed by atoms with Crippen molar-refractivity contribution in [2.24, 2.45) is 16.8 Å². The minimum absolute atomic E-state index is 0.731. The summed E-state index contributed by atoms with van der Waals surface area (Å²) in [4.78, 5) is 12.1. The van der Waals surface area contributed by atoms with Crippen molar-refractivity contribution in [3.8, 4) is 0 Å². The molecular weight excluding hydrogens is 310 g/mol. The van der Waals surface area contributed by atoms with Crippen molar-refractivity contribution in [1.82, 2.24) is 19.6 Å². The van der Waals surface area contributed by atoms with Gasteiger partial charge in [-0.3, -0.25) is 4.99 Å². The molecule has 5 heteroatoms. The van der Waals surface area contributed by atoms with Gasteiger partial charge >= 0.3 is 0 Å². The quantitative estimate of drug-likeness (QED) is 0.686. The third-order valence-electron chi connectivity index (χ3n) is 4.86. The van der Waals surface area contributed by atoms with Crippen LogP contribution in [0.1, 0.15) is 38.4 Å². The van der Waals surface area contributed by atoms with Gasteiger partial charge in [0.25, 0.3) is 0 Å². The molecule has 2 aromatic rings. The summed E-state index contributed by atoms with van der Waals surface area (Å²) in [7, 11) is 0. The van der Waals surface area contributed by atoms with E-state index in [4.69, 9.17) is 9.98 Å². The van der Waals surface area contributed by atoms with Gasteiger partial charge in [0.2, 0.25) is 0 Å². The van der Waals surface area contributed by atoms with Gasteiger partial charge in [-0.2, -0.15) is 0 Å². The van der Waals surface area contributed by atoms with Gasteiger partial charge in [0.1, 0.15) is 5.65 Å². The van der Waals surface area contributed by atoms with Crippen molar-refractivity contribution >= 4 is 11.6 Å². The van der Waals surface area contributed by atoms with Crippen LogP contribution < -0.4 is 5.32 Å². The molecule has 2 atom stereocenters. The molecule has 1 saturated heterocycles. The zero-order chi connectivity index (χ0) is 17.8. The first-order valence-electron chi connectivity index (χ1n) is 9.53. The highest BCUT2D eigenvalue weighted by atomic mass is 15.3. The number of nitrogens with zero attached hydrogens (tertiary/aromatic N) is 4. The van der Waals surface area contributed by atoms with Gasteiger partial charge in [-0.25, -0.2) is 4.98 Å². The smallest absolute Gasteiger partial charge is 0.193 e. The normalized spacial score (nSPS) is 21.8. The largest absolute Gasteiger partial charge is 0.357 e. The van der Waals surface area contributed by atoms with E-state index in [-0.39, 0.29) is 0 Å². The summed E-state index contributed by atoms with van der Waals surface area (Å²) in [6.07, 6.45) is 6.37. The lowest BCUT2D eigenvalue weighted by Gasteiger charge is -2.37. The number of aromatic nitrogens is 2. The van der Waals surface area contributed by atoms with Gasteiger partial charge in [0, 0.05) is 45.0 Å². The second-order valence-electron chi connectivity index (χ2n) is 7.49. The van der Waals surface area contributed by atoms with E-state index in [9.17, 15) is 0 Å². The molecule has 1 aliphatic rings. The van der Waals surface area contributed by atoms with Crippen LogP contribution in [0, 0.1) is 18.8 Å². The van der Waals surface area contributed by atoms with Crippen molar-refractivity contribution < 1.29 is 0 Å². The first-order valence-corrected chi connectivity index (χ1v) is 9.53. The second-order valence-corrected chi connectivity index (χ2v) is 7.49. The van der Waals surface area contributed by atoms with Crippen LogP contribution >= 0.6 is 0 Å². The summed E-state index contributed by atoms with van der Waals surface area (Å²) < 4.78 is 2.10. The molecule has 0 radical (unpaired) electrons. The molecule has 3 heterocycles. The number of piperidine rings is 1. The highest BCUT2D eigenvalue weighted by Gasteiger charge is 2.23. The minimum Gasteiger partial charge on any atom is -0.357 e. The van der Waals surface area contributed by atoms with E-state index in [1.165, 1.54) is 12.0 Å². The van der Waals surface area contributed by atoms with Gasteiger partial charge in [0.15, 0.2) is 5.96 Å². The maximum atomic E-state index is 4.88. The van der Waals surface area contributed by atoms with Crippen molar-refractivity contribution in [2.75, 3.05) is 26.2 Å². The zero-order valence-electron chi connectivity index (χ0n) is 16.0. The Kier molecular flexibility index (Phi) is 5.61. The van der Waals surface area contributed by atoms with E-state index in [1.54, 1.807) is 0 Å². The predicted octanol–water partition coefficient (Wildman–Crippen LogP) is 3.13. The molecule has 1 fully saturated rings. The van der Waals surface area contributed by atoms with Gasteiger partial charge in [-0.05, 0) is 43.7 Å². The first kappa shape index (κ1) is 17.8. The fraction of sp³-hybridized carbons (Fsp3) is 0.600. The van der Waals surface area contributed by atoms with Crippen molar-refractivity contribution in [3.05, 3.63) is 35.8 Å². The third kappa shape index (κ3) is 4.33. The molecule has 0 saturated carbocycles. The number of imidazole rings is 1. The summed E-state index contributed by atoms with van der Waals surface area (Å²) in [5.74, 6) is 2.52. The van der Waals surface area contributed by atoms with Crippen LogP contribution in [0.4, 0.5) is 0 Å². The Hall–Kier alpha value is -2.04. The molecule has 0 spiro atoms. The molecule has 0 amide bonds. The summed E-state index contributed by atoms with van der Waals surface area (Å²) in [6, 6.07) is 4.17. The Morgan fingerprint density at radius 3 is 2.76 bits per heavy atom.